The normalized spacial score (nSPS) is 19.8. The number of nitrogens with zero attached hydrogens (tertiary/aromatic N) is 5. The number of nitrogens with one attached hydrogen (secondary N) is 1. The number of pyridine rings is 1. The predicted molar refractivity (Wildman–Crippen MR) is 75.8 cm³/mol. The molecule has 3 rings (SSSR count). The second-order valence-electron chi connectivity index (χ2n) is 4.85. The number of anilines is 1. The number of nitriles is 1. The van der Waals surface area contributed by atoms with Gasteiger partial charge in [-0.3, -0.25) is 4.98 Å². The van der Waals surface area contributed by atoms with E-state index in [4.69, 9.17) is 0 Å². The Labute approximate surface area is 129 Å². The van der Waals surface area contributed by atoms with Gasteiger partial charge in [0.2, 0.25) is 5.54 Å². The van der Waals surface area contributed by atoms with Crippen molar-refractivity contribution in [2.24, 2.45) is 4.99 Å². The Bertz CT molecular complexity index is 802. The van der Waals surface area contributed by atoms with Crippen LogP contribution in [-0.2, 0) is 12.1 Å². The maximum atomic E-state index is 14.1. The van der Waals surface area contributed by atoms with Crippen LogP contribution in [0.1, 0.15) is 23.7 Å². The van der Waals surface area contributed by atoms with Crippen LogP contribution in [-0.4, -0.2) is 27.3 Å². The molecule has 1 N–H and O–H groups in total. The Kier molecular flexibility index (Phi) is 3.32. The summed E-state index contributed by atoms with van der Waals surface area (Å²) in [4.78, 5) is 7.46. The zero-order valence-corrected chi connectivity index (χ0v) is 12.0. The Hall–Kier alpha value is -2.89. The molecule has 1 atom stereocenters. The largest absolute Gasteiger partial charge is 0.422 e. The summed E-state index contributed by atoms with van der Waals surface area (Å²) in [7, 11) is 0. The van der Waals surface area contributed by atoms with Gasteiger partial charge in [-0.2, -0.15) is 23.5 Å². The average molecular weight is 320 g/mol. The second-order valence-corrected chi connectivity index (χ2v) is 4.85. The average Bonchev–Trinajstić information content (AvgIpc) is 2.92. The molecule has 0 aliphatic carbocycles. The molecule has 1 aliphatic rings. The van der Waals surface area contributed by atoms with Crippen molar-refractivity contribution in [2.75, 3.05) is 5.32 Å². The molecule has 118 valence electrons. The van der Waals surface area contributed by atoms with Crippen LogP contribution in [0.2, 0.25) is 0 Å². The van der Waals surface area contributed by atoms with E-state index in [9.17, 15) is 18.4 Å². The van der Waals surface area contributed by atoms with Gasteiger partial charge in [-0.05, 0) is 13.0 Å². The molecule has 3 heterocycles. The highest BCUT2D eigenvalue weighted by Gasteiger charge is 2.61. The molecular formula is C14H11F3N6. The molecule has 0 amide bonds. The third-order valence-corrected chi connectivity index (χ3v) is 3.67. The maximum Gasteiger partial charge on any atom is 0.422 e. The van der Waals surface area contributed by atoms with Gasteiger partial charge >= 0.3 is 6.18 Å². The van der Waals surface area contributed by atoms with E-state index in [-0.39, 0.29) is 22.6 Å². The first-order chi connectivity index (χ1) is 11.0. The van der Waals surface area contributed by atoms with Crippen molar-refractivity contribution in [3.05, 3.63) is 41.3 Å². The van der Waals surface area contributed by atoms with Gasteiger partial charge in [-0.1, -0.05) is 6.07 Å². The number of aliphatic imine (C=N–C) groups is 1. The molecule has 0 bridgehead atoms. The highest BCUT2D eigenvalue weighted by Crippen LogP contribution is 2.51. The number of alkyl halides is 3. The summed E-state index contributed by atoms with van der Waals surface area (Å²) in [6.45, 7) is 2.03. The molecule has 2 aromatic rings. The van der Waals surface area contributed by atoms with Crippen molar-refractivity contribution in [3.8, 4) is 6.07 Å². The zero-order valence-electron chi connectivity index (χ0n) is 12.0. The third kappa shape index (κ3) is 1.98. The third-order valence-electron chi connectivity index (χ3n) is 3.67. The summed E-state index contributed by atoms with van der Waals surface area (Å²) in [5.41, 5.74) is -3.49. The molecule has 9 heteroatoms. The van der Waals surface area contributed by atoms with Crippen molar-refractivity contribution in [1.29, 1.82) is 5.26 Å². The topological polar surface area (TPSA) is 78.9 Å². The minimum atomic E-state index is -4.77. The van der Waals surface area contributed by atoms with Gasteiger partial charge in [0.25, 0.3) is 0 Å². The molecule has 2 aromatic heterocycles. The Balaban J connectivity index is 2.41. The van der Waals surface area contributed by atoms with Gasteiger partial charge in [0, 0.05) is 24.5 Å². The van der Waals surface area contributed by atoms with Crippen molar-refractivity contribution < 1.29 is 13.2 Å². The number of halogens is 3. The van der Waals surface area contributed by atoms with Crippen LogP contribution in [0.4, 0.5) is 19.0 Å². The second kappa shape index (κ2) is 5.08. The van der Waals surface area contributed by atoms with Gasteiger partial charge in [0.15, 0.2) is 5.69 Å². The molecule has 0 radical (unpaired) electrons. The summed E-state index contributed by atoms with van der Waals surface area (Å²) in [6.07, 6.45) is -1.31. The first-order valence-corrected chi connectivity index (χ1v) is 6.74. The number of aryl methyl sites for hydroxylation is 1. The number of rotatable bonds is 2. The fourth-order valence-electron chi connectivity index (χ4n) is 2.69. The minimum Gasteiger partial charge on any atom is -0.331 e. The first kappa shape index (κ1) is 15.0. The SMILES string of the molecule is CCn1nc(C#N)c2c1NC=NC2(c1cccnc1)C(F)(F)F. The minimum absolute atomic E-state index is 0.111. The quantitative estimate of drug-likeness (QED) is 0.922. The molecule has 6 nitrogen and oxygen atoms in total. The van der Waals surface area contributed by atoms with E-state index >= 15 is 0 Å². The van der Waals surface area contributed by atoms with E-state index in [0.29, 0.717) is 6.54 Å². The van der Waals surface area contributed by atoms with E-state index in [0.717, 1.165) is 12.5 Å². The van der Waals surface area contributed by atoms with Gasteiger partial charge in [-0.15, -0.1) is 0 Å². The lowest BCUT2D eigenvalue weighted by Gasteiger charge is -2.34. The van der Waals surface area contributed by atoms with Gasteiger partial charge in [-0.25, -0.2) is 9.67 Å². The van der Waals surface area contributed by atoms with Gasteiger partial charge in [0.05, 0.1) is 11.9 Å². The fourth-order valence-corrected chi connectivity index (χ4v) is 2.69. The van der Waals surface area contributed by atoms with Crippen LogP contribution in [0.15, 0.2) is 29.5 Å². The van der Waals surface area contributed by atoms with Crippen molar-refractivity contribution in [3.63, 3.8) is 0 Å². The van der Waals surface area contributed by atoms with Crippen molar-refractivity contribution in [2.45, 2.75) is 25.2 Å². The van der Waals surface area contributed by atoms with Gasteiger partial charge in [0.1, 0.15) is 11.9 Å². The Morgan fingerprint density at radius 3 is 2.78 bits per heavy atom. The lowest BCUT2D eigenvalue weighted by molar-refractivity contribution is -0.176. The molecule has 0 fully saturated rings. The number of hydrogen-bond donors (Lipinski definition) is 1. The Morgan fingerprint density at radius 1 is 1.43 bits per heavy atom. The van der Waals surface area contributed by atoms with Crippen LogP contribution in [0.25, 0.3) is 0 Å². The molecule has 0 saturated heterocycles. The number of fused-ring (bicyclic) bond motifs is 1. The highest BCUT2D eigenvalue weighted by atomic mass is 19.4. The maximum absolute atomic E-state index is 14.1. The summed E-state index contributed by atoms with van der Waals surface area (Å²) in [6, 6.07) is 4.43. The lowest BCUT2D eigenvalue weighted by atomic mass is 9.82. The predicted octanol–water partition coefficient (Wildman–Crippen LogP) is 2.43. The van der Waals surface area contributed by atoms with Gasteiger partial charge < -0.3 is 5.32 Å². The van der Waals surface area contributed by atoms with Crippen LogP contribution < -0.4 is 5.32 Å². The smallest absolute Gasteiger partial charge is 0.331 e. The van der Waals surface area contributed by atoms with Crippen LogP contribution in [0.3, 0.4) is 0 Å². The van der Waals surface area contributed by atoms with E-state index < -0.39 is 11.7 Å². The first-order valence-electron chi connectivity index (χ1n) is 6.74. The summed E-state index contributed by atoms with van der Waals surface area (Å²) >= 11 is 0. The standard InChI is InChI=1S/C14H11F3N6/c1-2-23-12-11(10(6-18)22-23)13(14(15,16)17,21-8-20-12)9-4-3-5-19-7-9/h3-5,7-8H,2H2,1H3,(H,20,21). The summed E-state index contributed by atoms with van der Waals surface area (Å²) in [5.74, 6) is 0.111. The fraction of sp³-hybridized carbons (Fsp3) is 0.286. The van der Waals surface area contributed by atoms with Crippen LogP contribution >= 0.6 is 0 Å². The molecule has 23 heavy (non-hydrogen) atoms. The monoisotopic (exact) mass is 320 g/mol. The summed E-state index contributed by atoms with van der Waals surface area (Å²) < 4.78 is 43.5. The van der Waals surface area contributed by atoms with Crippen LogP contribution in [0.5, 0.6) is 0 Å². The Morgan fingerprint density at radius 2 is 2.22 bits per heavy atom. The van der Waals surface area contributed by atoms with E-state index in [1.807, 2.05) is 0 Å². The number of aromatic nitrogens is 3. The van der Waals surface area contributed by atoms with E-state index in [1.54, 1.807) is 13.0 Å². The molecular weight excluding hydrogens is 309 g/mol. The molecule has 1 aliphatic heterocycles. The zero-order chi connectivity index (χ0) is 16.7. The number of hydrogen-bond acceptors (Lipinski definition) is 5. The molecule has 0 saturated carbocycles. The highest BCUT2D eigenvalue weighted by molar-refractivity contribution is 5.82. The molecule has 0 spiro atoms. The van der Waals surface area contributed by atoms with E-state index in [1.165, 1.54) is 23.0 Å². The van der Waals surface area contributed by atoms with Crippen molar-refractivity contribution >= 4 is 12.2 Å². The van der Waals surface area contributed by atoms with Crippen LogP contribution in [0, 0.1) is 11.3 Å². The lowest BCUT2D eigenvalue weighted by Crippen LogP contribution is -2.44. The summed E-state index contributed by atoms with van der Waals surface area (Å²) in [5, 5.41) is 15.9. The van der Waals surface area contributed by atoms with Crippen molar-refractivity contribution in [1.82, 2.24) is 14.8 Å². The molecule has 1 unspecified atom stereocenters. The molecule has 0 aromatic carbocycles. The van der Waals surface area contributed by atoms with E-state index in [2.05, 4.69) is 20.4 Å².